The second-order valence-corrected chi connectivity index (χ2v) is 7.39. The van der Waals surface area contributed by atoms with Gasteiger partial charge in [0.2, 0.25) is 0 Å². The molecule has 2 heterocycles. The third-order valence-corrected chi connectivity index (χ3v) is 5.04. The van der Waals surface area contributed by atoms with Crippen molar-refractivity contribution in [3.8, 4) is 22.8 Å². The number of ether oxygens (including phenoxy) is 2. The van der Waals surface area contributed by atoms with Gasteiger partial charge in [-0.1, -0.05) is 23.2 Å². The maximum atomic E-state index is 11.7. The first-order valence-electron chi connectivity index (χ1n) is 7.62. The number of halogens is 2. The van der Waals surface area contributed by atoms with Gasteiger partial charge in [-0.3, -0.25) is 0 Å². The Morgan fingerprint density at radius 1 is 1.11 bits per heavy atom. The van der Waals surface area contributed by atoms with Crippen LogP contribution in [0.1, 0.15) is 0 Å². The maximum Gasteiger partial charge on any atom is 0.178 e. The van der Waals surface area contributed by atoms with Gasteiger partial charge in [-0.2, -0.15) is 4.72 Å². The first-order valence-corrected chi connectivity index (χ1v) is 9.93. The predicted octanol–water partition coefficient (Wildman–Crippen LogP) is 3.91. The second kappa shape index (κ2) is 7.85. The number of nitrogens with zero attached hydrogens (tertiary/aromatic N) is 2. The predicted molar refractivity (Wildman–Crippen MR) is 110 cm³/mol. The van der Waals surface area contributed by atoms with E-state index in [9.17, 15) is 4.55 Å². The average molecular weight is 427 g/mol. The van der Waals surface area contributed by atoms with E-state index in [1.54, 1.807) is 24.4 Å². The van der Waals surface area contributed by atoms with E-state index >= 15 is 0 Å². The van der Waals surface area contributed by atoms with Gasteiger partial charge >= 0.3 is 0 Å². The van der Waals surface area contributed by atoms with Crippen molar-refractivity contribution in [2.75, 3.05) is 30.9 Å². The van der Waals surface area contributed by atoms with Crippen LogP contribution in [-0.4, -0.2) is 35.0 Å². The number of aromatic nitrogens is 2. The largest absolute Gasteiger partial charge is 0.593 e. The Hall–Kier alpha value is -2.13. The van der Waals surface area contributed by atoms with Crippen molar-refractivity contribution in [2.24, 2.45) is 0 Å². The topological polar surface area (TPSA) is 105 Å². The molecule has 0 fully saturated rings. The zero-order valence-electron chi connectivity index (χ0n) is 14.7. The van der Waals surface area contributed by atoms with Crippen molar-refractivity contribution in [1.29, 1.82) is 0 Å². The van der Waals surface area contributed by atoms with Gasteiger partial charge < -0.3 is 19.8 Å². The lowest BCUT2D eigenvalue weighted by atomic mass is 10.1. The number of hydrogen-bond acceptors (Lipinski definition) is 7. The molecule has 7 nitrogen and oxygen atoms in total. The SMILES string of the molecule is COc1cc(OC)c(Cl)c(-c2cc3cnc(N)cc3c(N[S+](C)[O-])n2)c1Cl. The van der Waals surface area contributed by atoms with Crippen LogP contribution < -0.4 is 19.9 Å². The van der Waals surface area contributed by atoms with Gasteiger partial charge in [-0.05, 0) is 12.1 Å². The van der Waals surface area contributed by atoms with E-state index < -0.39 is 11.4 Å². The first kappa shape index (κ1) is 19.6. The first-order chi connectivity index (χ1) is 12.8. The number of anilines is 2. The molecule has 0 bridgehead atoms. The maximum absolute atomic E-state index is 11.7. The van der Waals surface area contributed by atoms with Crippen molar-refractivity contribution in [3.05, 3.63) is 34.4 Å². The van der Waals surface area contributed by atoms with Gasteiger partial charge in [0.15, 0.2) is 5.82 Å². The molecule has 3 aromatic rings. The van der Waals surface area contributed by atoms with Crippen molar-refractivity contribution in [1.82, 2.24) is 9.97 Å². The van der Waals surface area contributed by atoms with Crippen LogP contribution in [0.5, 0.6) is 11.5 Å². The van der Waals surface area contributed by atoms with Gasteiger partial charge in [-0.25, -0.2) is 9.97 Å². The monoisotopic (exact) mass is 426 g/mol. The number of fused-ring (bicyclic) bond motifs is 1. The van der Waals surface area contributed by atoms with Crippen LogP contribution >= 0.6 is 23.2 Å². The molecule has 0 aliphatic carbocycles. The Labute approximate surface area is 169 Å². The molecule has 0 amide bonds. The van der Waals surface area contributed by atoms with Crippen LogP contribution in [-0.2, 0) is 11.4 Å². The number of pyridine rings is 2. The molecule has 0 aliphatic rings. The van der Waals surface area contributed by atoms with E-state index in [2.05, 4.69) is 14.7 Å². The Morgan fingerprint density at radius 2 is 1.74 bits per heavy atom. The molecule has 10 heteroatoms. The Balaban J connectivity index is 2.34. The molecule has 0 radical (unpaired) electrons. The normalized spacial score (nSPS) is 12.1. The van der Waals surface area contributed by atoms with Gasteiger partial charge in [-0.15, -0.1) is 0 Å². The van der Waals surface area contributed by atoms with Crippen molar-refractivity contribution >= 4 is 57.0 Å². The Morgan fingerprint density at radius 3 is 2.30 bits per heavy atom. The van der Waals surface area contributed by atoms with E-state index in [0.29, 0.717) is 39.8 Å². The smallest absolute Gasteiger partial charge is 0.178 e. The summed E-state index contributed by atoms with van der Waals surface area (Å²) in [6, 6.07) is 5.01. The molecule has 0 saturated carbocycles. The summed E-state index contributed by atoms with van der Waals surface area (Å²) in [6.45, 7) is 0. The fourth-order valence-corrected chi connectivity index (χ4v) is 3.74. The number of nitrogens with one attached hydrogen (secondary N) is 1. The van der Waals surface area contributed by atoms with Crippen LogP contribution in [0.4, 0.5) is 11.6 Å². The summed E-state index contributed by atoms with van der Waals surface area (Å²) < 4.78 is 25.2. The molecule has 1 aromatic carbocycles. The fourth-order valence-electron chi connectivity index (χ4n) is 2.61. The van der Waals surface area contributed by atoms with Gasteiger partial charge in [0.25, 0.3) is 0 Å². The summed E-state index contributed by atoms with van der Waals surface area (Å²) in [5.74, 6) is 1.46. The molecule has 27 heavy (non-hydrogen) atoms. The Bertz CT molecular complexity index is 989. The van der Waals surface area contributed by atoms with E-state index in [-0.39, 0.29) is 10.0 Å². The molecular weight excluding hydrogens is 411 g/mol. The molecule has 2 aromatic heterocycles. The number of methoxy groups -OCH3 is 2. The van der Waals surface area contributed by atoms with E-state index in [0.717, 1.165) is 5.39 Å². The molecule has 0 aliphatic heterocycles. The molecular formula is C17H16Cl2N4O3S. The third kappa shape index (κ3) is 3.79. The number of nitrogens with two attached hydrogens (primary N) is 1. The molecule has 1 atom stereocenters. The lowest BCUT2D eigenvalue weighted by Crippen LogP contribution is -2.12. The molecule has 3 rings (SSSR count). The number of nitrogen functional groups attached to an aromatic ring is 1. The Kier molecular flexibility index (Phi) is 5.71. The van der Waals surface area contributed by atoms with Gasteiger partial charge in [0.05, 0.1) is 41.3 Å². The lowest BCUT2D eigenvalue weighted by molar-refractivity contribution is 0.395. The second-order valence-electron chi connectivity index (χ2n) is 5.53. The highest BCUT2D eigenvalue weighted by molar-refractivity contribution is 7.92. The van der Waals surface area contributed by atoms with Crippen LogP contribution in [0.3, 0.4) is 0 Å². The molecule has 0 spiro atoms. The minimum absolute atomic E-state index is 0.280. The summed E-state index contributed by atoms with van der Waals surface area (Å²) in [6.07, 6.45) is 3.10. The highest BCUT2D eigenvalue weighted by atomic mass is 35.5. The molecule has 142 valence electrons. The average Bonchev–Trinajstić information content (AvgIpc) is 2.62. The minimum atomic E-state index is -1.36. The zero-order valence-corrected chi connectivity index (χ0v) is 17.0. The number of hydrogen-bond donors (Lipinski definition) is 2. The van der Waals surface area contributed by atoms with Crippen LogP contribution in [0.2, 0.25) is 10.0 Å². The lowest BCUT2D eigenvalue weighted by Gasteiger charge is -2.16. The highest BCUT2D eigenvalue weighted by Gasteiger charge is 2.21. The zero-order chi connectivity index (χ0) is 19.7. The van der Waals surface area contributed by atoms with E-state index in [1.807, 2.05) is 0 Å². The quantitative estimate of drug-likeness (QED) is 0.595. The van der Waals surface area contributed by atoms with Crippen LogP contribution in [0, 0.1) is 0 Å². The number of rotatable bonds is 5. The summed E-state index contributed by atoms with van der Waals surface area (Å²) >= 11 is 11.6. The van der Waals surface area contributed by atoms with Crippen LogP contribution in [0.25, 0.3) is 22.0 Å². The molecule has 0 saturated heterocycles. The standard InChI is InChI=1S/C17H16Cl2N4O3S/c1-25-11-6-12(26-2)16(19)14(15(11)18)10-4-8-7-21-13(20)5-9(8)17(22-10)23-27(3)24/h4-7H,1-3H3,(H2,20,21)(H,22,23). The van der Waals surface area contributed by atoms with Gasteiger partial charge in [0, 0.05) is 28.6 Å². The third-order valence-electron chi connectivity index (χ3n) is 3.81. The summed E-state index contributed by atoms with van der Waals surface area (Å²) in [4.78, 5) is 8.66. The minimum Gasteiger partial charge on any atom is -0.593 e. The molecule has 3 N–H and O–H groups in total. The van der Waals surface area contributed by atoms with Crippen molar-refractivity contribution < 1.29 is 14.0 Å². The fraction of sp³-hybridized carbons (Fsp3) is 0.176. The van der Waals surface area contributed by atoms with Crippen molar-refractivity contribution in [2.45, 2.75) is 0 Å². The van der Waals surface area contributed by atoms with E-state index in [4.69, 9.17) is 38.4 Å². The number of benzene rings is 1. The summed E-state index contributed by atoms with van der Waals surface area (Å²) in [7, 11) is 2.98. The van der Waals surface area contributed by atoms with Gasteiger partial charge in [0.1, 0.15) is 23.6 Å². The molecule has 1 unspecified atom stereocenters. The van der Waals surface area contributed by atoms with Crippen LogP contribution in [0.15, 0.2) is 24.4 Å². The highest BCUT2D eigenvalue weighted by Crippen LogP contribution is 2.46. The van der Waals surface area contributed by atoms with Crippen molar-refractivity contribution in [3.63, 3.8) is 0 Å². The van der Waals surface area contributed by atoms with E-state index in [1.165, 1.54) is 20.5 Å². The summed E-state index contributed by atoms with van der Waals surface area (Å²) in [5.41, 5.74) is 6.65. The summed E-state index contributed by atoms with van der Waals surface area (Å²) in [5, 5.41) is 1.95.